The Kier molecular flexibility index (Phi) is 324. The first-order chi connectivity index (χ1) is 6.93. The van der Waals surface area contributed by atoms with Crippen molar-refractivity contribution in [3.05, 3.63) is 0 Å². The number of thiocarbonyl (C=S) groups is 4. The molecule has 0 bridgehead atoms. The highest BCUT2D eigenvalue weighted by molar-refractivity contribution is 7.80. The van der Waals surface area contributed by atoms with Crippen LogP contribution in [0, 0.1) is 0 Å². The molecule has 0 aromatic rings. The molecule has 0 aromatic carbocycles. The van der Waals surface area contributed by atoms with Crippen LogP contribution in [0.1, 0.15) is 0 Å². The lowest BCUT2D eigenvalue weighted by atomic mass is 11.5. The Morgan fingerprint density at radius 3 is 0.292 bits per heavy atom. The van der Waals surface area contributed by atoms with E-state index in [1.54, 1.807) is 0 Å². The lowest BCUT2D eigenvalue weighted by Gasteiger charge is -1.65. The SMILES string of the molecule is N.N.N.N.N.N.N.N.OC(O)=S.OC(O)=S.OC(O)=S.OC(O)=S. The van der Waals surface area contributed by atoms with Gasteiger partial charge in [-0.3, -0.25) is 0 Å². The Balaban J connectivity index is -0.00000000720. The average Bonchev–Trinajstić information content (AvgIpc) is 1.76. The highest BCUT2D eigenvalue weighted by atomic mass is 32.1. The van der Waals surface area contributed by atoms with E-state index in [4.69, 9.17) is 40.9 Å². The molecule has 0 atom stereocenters. The second-order valence-electron chi connectivity index (χ2n) is 1.13. The van der Waals surface area contributed by atoms with Crippen molar-refractivity contribution in [2.24, 2.45) is 0 Å². The second kappa shape index (κ2) is 82.2. The monoisotopic (exact) mass is 448 g/mol. The van der Waals surface area contributed by atoms with Gasteiger partial charge in [-0.1, -0.05) is 0 Å². The molecule has 0 aliphatic heterocycles. The largest absolute Gasteiger partial charge is 0.473 e. The van der Waals surface area contributed by atoms with Crippen molar-refractivity contribution in [2.45, 2.75) is 0 Å². The first-order valence-electron chi connectivity index (χ1n) is 2.61. The molecule has 24 heavy (non-hydrogen) atoms. The Bertz CT molecular complexity index is 186. The van der Waals surface area contributed by atoms with E-state index in [-0.39, 0.29) is 49.2 Å². The van der Waals surface area contributed by atoms with Crippen LogP contribution in [-0.2, 0) is 0 Å². The van der Waals surface area contributed by atoms with Gasteiger partial charge < -0.3 is 90.1 Å². The maximum atomic E-state index is 7.34. The van der Waals surface area contributed by atoms with Crippen LogP contribution in [0.25, 0.3) is 0 Å². The molecule has 0 saturated heterocycles. The van der Waals surface area contributed by atoms with Gasteiger partial charge in [0.1, 0.15) is 0 Å². The van der Waals surface area contributed by atoms with Crippen LogP contribution in [0.4, 0.5) is 0 Å². The number of aliphatic hydroxyl groups excluding tert-OH is 4. The third-order valence-corrected chi connectivity index (χ3v) is 0. The molecule has 20 heteroatoms. The van der Waals surface area contributed by atoms with Crippen molar-refractivity contribution < 1.29 is 40.9 Å². The minimum Gasteiger partial charge on any atom is -0.473 e. The van der Waals surface area contributed by atoms with Gasteiger partial charge in [0.25, 0.3) is 0 Å². The maximum absolute atomic E-state index is 7.34. The van der Waals surface area contributed by atoms with E-state index in [1.165, 1.54) is 0 Å². The van der Waals surface area contributed by atoms with Crippen LogP contribution in [0.5, 0.6) is 0 Å². The van der Waals surface area contributed by atoms with Crippen molar-refractivity contribution in [2.75, 3.05) is 0 Å². The van der Waals surface area contributed by atoms with Gasteiger partial charge in [-0.15, -0.1) is 0 Å². The standard InChI is InChI=1S/4CH2O2S.8H3N/c4*2-1(3)4;;;;;;;;/h4*(H2,2,3,4);8*1H3. The molecule has 160 valence electrons. The average molecular weight is 449 g/mol. The zero-order valence-corrected chi connectivity index (χ0v) is 16.1. The second-order valence-corrected chi connectivity index (χ2v) is 2.59. The van der Waals surface area contributed by atoms with Crippen molar-refractivity contribution in [1.29, 1.82) is 0 Å². The van der Waals surface area contributed by atoms with E-state index in [1.807, 2.05) is 0 Å². The van der Waals surface area contributed by atoms with E-state index in [0.29, 0.717) is 0 Å². The zero-order chi connectivity index (χ0) is 14.3. The lowest BCUT2D eigenvalue weighted by molar-refractivity contribution is 0.384. The van der Waals surface area contributed by atoms with Crippen molar-refractivity contribution in [3.8, 4) is 0 Å². The lowest BCUT2D eigenvalue weighted by Crippen LogP contribution is -1.80. The Hall–Kier alpha value is -1.56. The van der Waals surface area contributed by atoms with Gasteiger partial charge in [0.15, 0.2) is 0 Å². The van der Waals surface area contributed by atoms with Gasteiger partial charge in [0, 0.05) is 48.9 Å². The van der Waals surface area contributed by atoms with Crippen molar-refractivity contribution >= 4 is 69.8 Å². The fraction of sp³-hybridized carbons (Fsp3) is 0. The minimum atomic E-state index is -1.000. The van der Waals surface area contributed by atoms with E-state index in [0.717, 1.165) is 0 Å². The first kappa shape index (κ1) is 94.6. The smallest absolute Gasteiger partial charge is 0.347 e. The van der Waals surface area contributed by atoms with E-state index < -0.39 is 20.9 Å². The highest BCUT2D eigenvalue weighted by Gasteiger charge is 1.63. The van der Waals surface area contributed by atoms with E-state index in [2.05, 4.69) is 48.9 Å². The summed E-state index contributed by atoms with van der Waals surface area (Å²) >= 11 is 14.6. The Labute approximate surface area is 160 Å². The fourth-order valence-electron chi connectivity index (χ4n) is 0. The summed E-state index contributed by atoms with van der Waals surface area (Å²) in [6.45, 7) is 0. The van der Waals surface area contributed by atoms with Gasteiger partial charge in [-0.05, 0) is 0 Å². The molecule has 0 aliphatic carbocycles. The third-order valence-electron chi connectivity index (χ3n) is 0. The third kappa shape index (κ3) is 3170. The number of hydrogen-bond donors (Lipinski definition) is 16. The zero-order valence-electron chi connectivity index (χ0n) is 12.9. The van der Waals surface area contributed by atoms with Crippen LogP contribution in [0.15, 0.2) is 0 Å². The van der Waals surface area contributed by atoms with E-state index >= 15 is 0 Å². The molecule has 0 spiro atoms. The topological polar surface area (TPSA) is 442 Å². The van der Waals surface area contributed by atoms with E-state index in [9.17, 15) is 0 Å². The molecular weight excluding hydrogens is 416 g/mol. The molecule has 16 nitrogen and oxygen atoms in total. The molecule has 0 aromatic heterocycles. The molecule has 0 saturated carbocycles. The van der Waals surface area contributed by atoms with Gasteiger partial charge in [-0.25, -0.2) is 0 Å². The van der Waals surface area contributed by atoms with Gasteiger partial charge >= 0.3 is 20.9 Å². The Morgan fingerprint density at radius 1 is 0.292 bits per heavy atom. The predicted molar refractivity (Wildman–Crippen MR) is 112 cm³/mol. The van der Waals surface area contributed by atoms with Crippen LogP contribution >= 0.6 is 48.9 Å². The minimum absolute atomic E-state index is 0. The molecule has 32 N–H and O–H groups in total. The molecule has 0 aliphatic rings. The van der Waals surface area contributed by atoms with Crippen LogP contribution in [-0.4, -0.2) is 61.8 Å². The molecule has 0 radical (unpaired) electrons. The van der Waals surface area contributed by atoms with Crippen LogP contribution < -0.4 is 49.2 Å². The van der Waals surface area contributed by atoms with Gasteiger partial charge in [-0.2, -0.15) is 0 Å². The van der Waals surface area contributed by atoms with Crippen LogP contribution in [0.2, 0.25) is 0 Å². The summed E-state index contributed by atoms with van der Waals surface area (Å²) in [5, 5.41) is 54.7. The Morgan fingerprint density at radius 2 is 0.292 bits per heavy atom. The van der Waals surface area contributed by atoms with Gasteiger partial charge in [0.2, 0.25) is 0 Å². The highest BCUT2D eigenvalue weighted by Crippen LogP contribution is 1.48. The summed E-state index contributed by atoms with van der Waals surface area (Å²) in [6, 6.07) is 0. The van der Waals surface area contributed by atoms with Crippen LogP contribution in [0.3, 0.4) is 0 Å². The van der Waals surface area contributed by atoms with Crippen molar-refractivity contribution in [3.63, 3.8) is 0 Å². The summed E-state index contributed by atoms with van der Waals surface area (Å²) in [6.07, 6.45) is 0. The normalized spacial score (nSPS) is 4.00. The predicted octanol–water partition coefficient (Wildman–Crippen LogP) is 2.85. The summed E-state index contributed by atoms with van der Waals surface area (Å²) in [5.41, 5.74) is 0. The van der Waals surface area contributed by atoms with Gasteiger partial charge in [0.05, 0.1) is 0 Å². The first-order valence-corrected chi connectivity index (χ1v) is 4.24. The summed E-state index contributed by atoms with van der Waals surface area (Å²) in [7, 11) is 0. The quantitative estimate of drug-likeness (QED) is 0.236. The summed E-state index contributed by atoms with van der Waals surface area (Å²) in [5.74, 6) is 0. The molecule has 0 amide bonds. The molecular formula is C4H32N8O8S4. The number of aliphatic hydroxyl groups is 8. The molecule has 0 heterocycles. The summed E-state index contributed by atoms with van der Waals surface area (Å²) in [4.78, 5) is 0. The summed E-state index contributed by atoms with van der Waals surface area (Å²) < 4.78 is 0. The fourth-order valence-corrected chi connectivity index (χ4v) is 0. The van der Waals surface area contributed by atoms with Crippen molar-refractivity contribution in [1.82, 2.24) is 49.2 Å². The number of hydrogen-bond acceptors (Lipinski definition) is 12. The molecule has 0 rings (SSSR count). The molecule has 0 fully saturated rings. The maximum Gasteiger partial charge on any atom is 0.347 e. The number of rotatable bonds is 0. The molecule has 0 unspecified atom stereocenters.